The molecule has 27 heavy (non-hydrogen) atoms. The van der Waals surface area contributed by atoms with Crippen molar-refractivity contribution in [2.24, 2.45) is 0 Å². The molecule has 0 saturated carbocycles. The normalized spacial score (nSPS) is 23.5. The van der Waals surface area contributed by atoms with E-state index in [4.69, 9.17) is 4.74 Å². The fraction of sp³-hybridized carbons (Fsp3) is 0.350. The van der Waals surface area contributed by atoms with Crippen LogP contribution in [-0.2, 0) is 20.9 Å². The number of carbonyl (C=O) groups is 2. The second kappa shape index (κ2) is 7.25. The van der Waals surface area contributed by atoms with Gasteiger partial charge in [0.2, 0.25) is 0 Å². The van der Waals surface area contributed by atoms with Crippen molar-refractivity contribution in [2.45, 2.75) is 32.6 Å². The molecule has 4 heterocycles. The molecule has 2 unspecified atom stereocenters. The van der Waals surface area contributed by atoms with Gasteiger partial charge in [-0.25, -0.2) is 0 Å². The summed E-state index contributed by atoms with van der Waals surface area (Å²) < 4.78 is 5.81. The lowest BCUT2D eigenvalue weighted by Gasteiger charge is -2.37. The van der Waals surface area contributed by atoms with E-state index in [1.54, 1.807) is 12.4 Å². The zero-order chi connectivity index (χ0) is 19.0. The summed E-state index contributed by atoms with van der Waals surface area (Å²) in [5.74, 6) is -0.470. The quantitative estimate of drug-likeness (QED) is 0.760. The van der Waals surface area contributed by atoms with Crippen molar-refractivity contribution in [3.05, 3.63) is 58.2 Å². The van der Waals surface area contributed by atoms with Gasteiger partial charge in [0.05, 0.1) is 24.3 Å². The van der Waals surface area contributed by atoms with Crippen LogP contribution in [0.1, 0.15) is 24.3 Å². The van der Waals surface area contributed by atoms with E-state index in [0.717, 1.165) is 10.4 Å². The summed E-state index contributed by atoms with van der Waals surface area (Å²) in [5, 5.41) is 1.92. The lowest BCUT2D eigenvalue weighted by molar-refractivity contribution is -0.139. The SMILES string of the molecule is CC1CN(C2=C(c3cccs3)C(=O)N(Cc3ccncc3)C2=O)CC(C)O1. The van der Waals surface area contributed by atoms with E-state index >= 15 is 0 Å². The summed E-state index contributed by atoms with van der Waals surface area (Å²) >= 11 is 1.48. The first-order valence-corrected chi connectivity index (χ1v) is 9.86. The van der Waals surface area contributed by atoms with Crippen LogP contribution in [0.3, 0.4) is 0 Å². The molecule has 0 N–H and O–H groups in total. The number of hydrogen-bond acceptors (Lipinski definition) is 6. The topological polar surface area (TPSA) is 62.7 Å². The zero-order valence-corrected chi connectivity index (χ0v) is 16.1. The van der Waals surface area contributed by atoms with E-state index in [2.05, 4.69) is 4.98 Å². The van der Waals surface area contributed by atoms with E-state index in [0.29, 0.717) is 24.4 Å². The van der Waals surface area contributed by atoms with Gasteiger partial charge in [-0.2, -0.15) is 0 Å². The van der Waals surface area contributed by atoms with Crippen molar-refractivity contribution >= 4 is 28.7 Å². The highest BCUT2D eigenvalue weighted by Gasteiger charge is 2.43. The molecule has 0 bridgehead atoms. The molecule has 140 valence electrons. The number of pyridine rings is 1. The molecular formula is C20H21N3O3S. The highest BCUT2D eigenvalue weighted by molar-refractivity contribution is 7.11. The number of nitrogens with zero attached hydrogens (tertiary/aromatic N) is 3. The Kier molecular flexibility index (Phi) is 4.80. The standard InChI is InChI=1S/C20H21N3O3S/c1-13-10-22(11-14(2)26-13)18-17(16-4-3-9-27-16)19(24)23(20(18)25)12-15-5-7-21-8-6-15/h3-9,13-14H,10-12H2,1-2H3. The molecule has 0 radical (unpaired) electrons. The number of imide groups is 1. The van der Waals surface area contributed by atoms with E-state index < -0.39 is 0 Å². The van der Waals surface area contributed by atoms with E-state index in [1.807, 2.05) is 48.4 Å². The summed E-state index contributed by atoms with van der Waals surface area (Å²) in [6.07, 6.45) is 3.34. The Morgan fingerprint density at radius 1 is 1.11 bits per heavy atom. The Morgan fingerprint density at radius 2 is 1.81 bits per heavy atom. The van der Waals surface area contributed by atoms with Crippen LogP contribution in [-0.4, -0.2) is 51.9 Å². The number of amides is 2. The van der Waals surface area contributed by atoms with Gasteiger partial charge in [0, 0.05) is 30.4 Å². The fourth-order valence-electron chi connectivity index (χ4n) is 3.67. The lowest BCUT2D eigenvalue weighted by Crippen LogP contribution is -2.46. The van der Waals surface area contributed by atoms with Gasteiger partial charge >= 0.3 is 0 Å². The minimum absolute atomic E-state index is 0.00276. The van der Waals surface area contributed by atoms with Crippen LogP contribution >= 0.6 is 11.3 Å². The van der Waals surface area contributed by atoms with Crippen LogP contribution in [0.2, 0.25) is 0 Å². The van der Waals surface area contributed by atoms with Gasteiger partial charge in [-0.3, -0.25) is 19.5 Å². The number of morpholine rings is 1. The largest absolute Gasteiger partial charge is 0.372 e. The van der Waals surface area contributed by atoms with E-state index in [9.17, 15) is 9.59 Å². The molecule has 4 rings (SSSR count). The molecule has 1 fully saturated rings. The molecule has 2 aromatic rings. The third-order valence-corrected chi connectivity index (χ3v) is 5.62. The lowest BCUT2D eigenvalue weighted by atomic mass is 10.1. The molecule has 0 aromatic carbocycles. The Hall–Kier alpha value is -2.51. The monoisotopic (exact) mass is 383 g/mol. The van der Waals surface area contributed by atoms with Gasteiger partial charge < -0.3 is 9.64 Å². The molecule has 0 spiro atoms. The number of hydrogen-bond donors (Lipinski definition) is 0. The van der Waals surface area contributed by atoms with Crippen molar-refractivity contribution in [3.63, 3.8) is 0 Å². The molecule has 7 heteroatoms. The number of thiophene rings is 1. The third kappa shape index (κ3) is 3.40. The van der Waals surface area contributed by atoms with Crippen LogP contribution in [0.15, 0.2) is 47.7 Å². The first-order valence-electron chi connectivity index (χ1n) is 8.98. The van der Waals surface area contributed by atoms with Crippen molar-refractivity contribution in [3.8, 4) is 0 Å². The fourth-order valence-corrected chi connectivity index (χ4v) is 4.44. The van der Waals surface area contributed by atoms with Crippen molar-refractivity contribution in [2.75, 3.05) is 13.1 Å². The Balaban J connectivity index is 1.72. The Labute approximate surface area is 162 Å². The smallest absolute Gasteiger partial charge is 0.278 e. The zero-order valence-electron chi connectivity index (χ0n) is 15.3. The summed E-state index contributed by atoms with van der Waals surface area (Å²) in [5.41, 5.74) is 1.88. The van der Waals surface area contributed by atoms with Crippen molar-refractivity contribution in [1.29, 1.82) is 0 Å². The maximum absolute atomic E-state index is 13.3. The average molecular weight is 383 g/mol. The molecule has 0 aliphatic carbocycles. The molecular weight excluding hydrogens is 362 g/mol. The van der Waals surface area contributed by atoms with Crippen LogP contribution < -0.4 is 0 Å². The number of ether oxygens (including phenoxy) is 1. The molecule has 6 nitrogen and oxygen atoms in total. The third-order valence-electron chi connectivity index (χ3n) is 4.74. The second-order valence-corrected chi connectivity index (χ2v) is 7.86. The van der Waals surface area contributed by atoms with Gasteiger partial charge in [0.15, 0.2) is 0 Å². The van der Waals surface area contributed by atoms with Crippen LogP contribution in [0.25, 0.3) is 5.57 Å². The average Bonchev–Trinajstić information content (AvgIpc) is 3.24. The maximum atomic E-state index is 13.3. The summed E-state index contributed by atoms with van der Waals surface area (Å²) in [7, 11) is 0. The van der Waals surface area contributed by atoms with E-state index in [1.165, 1.54) is 16.2 Å². The first kappa shape index (κ1) is 17.9. The highest BCUT2D eigenvalue weighted by Crippen LogP contribution is 2.35. The number of rotatable bonds is 4. The van der Waals surface area contributed by atoms with Crippen LogP contribution in [0, 0.1) is 0 Å². The van der Waals surface area contributed by atoms with Gasteiger partial charge in [0.25, 0.3) is 11.8 Å². The molecule has 2 aliphatic rings. The molecule has 2 aliphatic heterocycles. The summed E-state index contributed by atoms with van der Waals surface area (Å²) in [6.45, 7) is 5.41. The van der Waals surface area contributed by atoms with E-state index in [-0.39, 0.29) is 30.6 Å². The first-order chi connectivity index (χ1) is 13.0. The van der Waals surface area contributed by atoms with Crippen LogP contribution in [0.5, 0.6) is 0 Å². The molecule has 2 amide bonds. The minimum atomic E-state index is -0.235. The van der Waals surface area contributed by atoms with Crippen LogP contribution in [0.4, 0.5) is 0 Å². The van der Waals surface area contributed by atoms with Crippen molar-refractivity contribution < 1.29 is 14.3 Å². The predicted octanol–water partition coefficient (Wildman–Crippen LogP) is 2.53. The van der Waals surface area contributed by atoms with Crippen molar-refractivity contribution in [1.82, 2.24) is 14.8 Å². The van der Waals surface area contributed by atoms with Gasteiger partial charge in [-0.05, 0) is 43.0 Å². The highest BCUT2D eigenvalue weighted by atomic mass is 32.1. The number of aromatic nitrogens is 1. The Bertz CT molecular complexity index is 869. The number of carbonyl (C=O) groups excluding carboxylic acids is 2. The Morgan fingerprint density at radius 3 is 2.44 bits per heavy atom. The second-order valence-electron chi connectivity index (χ2n) is 6.92. The minimum Gasteiger partial charge on any atom is -0.372 e. The molecule has 2 aromatic heterocycles. The van der Waals surface area contributed by atoms with Gasteiger partial charge in [0.1, 0.15) is 5.70 Å². The summed E-state index contributed by atoms with van der Waals surface area (Å²) in [6, 6.07) is 7.44. The molecule has 2 atom stereocenters. The van der Waals surface area contributed by atoms with Gasteiger partial charge in [-0.15, -0.1) is 11.3 Å². The molecule has 1 saturated heterocycles. The predicted molar refractivity (Wildman–Crippen MR) is 103 cm³/mol. The maximum Gasteiger partial charge on any atom is 0.278 e. The van der Waals surface area contributed by atoms with Gasteiger partial charge in [-0.1, -0.05) is 6.07 Å². The summed E-state index contributed by atoms with van der Waals surface area (Å²) in [4.78, 5) is 34.7.